The van der Waals surface area contributed by atoms with Crippen molar-refractivity contribution in [2.24, 2.45) is 0 Å². The smallest absolute Gasteiger partial charge is 0.307 e. The quantitative estimate of drug-likeness (QED) is 0.731. The molecule has 0 aliphatic rings. The van der Waals surface area contributed by atoms with Gasteiger partial charge in [0.1, 0.15) is 5.82 Å². The van der Waals surface area contributed by atoms with E-state index in [1.807, 2.05) is 35.7 Å². The normalized spacial score (nSPS) is 11.0. The first-order valence-electron chi connectivity index (χ1n) is 7.35. The SMILES string of the molecule is Cc1csc(=O)n1CCC(=O)NCCc1nnc2ccccn12. The van der Waals surface area contributed by atoms with E-state index in [1.165, 1.54) is 0 Å². The molecule has 3 aromatic rings. The van der Waals surface area contributed by atoms with Gasteiger partial charge < -0.3 is 9.88 Å². The fourth-order valence-corrected chi connectivity index (χ4v) is 3.11. The Morgan fingerprint density at radius 2 is 2.22 bits per heavy atom. The summed E-state index contributed by atoms with van der Waals surface area (Å²) in [6.45, 7) is 2.77. The molecule has 23 heavy (non-hydrogen) atoms. The van der Waals surface area contributed by atoms with Crippen LogP contribution in [0, 0.1) is 6.92 Å². The summed E-state index contributed by atoms with van der Waals surface area (Å²) in [6, 6.07) is 5.71. The Morgan fingerprint density at radius 1 is 1.35 bits per heavy atom. The molecule has 0 radical (unpaired) electrons. The van der Waals surface area contributed by atoms with E-state index in [4.69, 9.17) is 0 Å². The van der Waals surface area contributed by atoms with Gasteiger partial charge in [-0.3, -0.25) is 14.0 Å². The van der Waals surface area contributed by atoms with Gasteiger partial charge in [0.05, 0.1) is 0 Å². The lowest BCUT2D eigenvalue weighted by atomic mass is 10.3. The molecule has 7 nitrogen and oxygen atoms in total. The van der Waals surface area contributed by atoms with Gasteiger partial charge in [0.15, 0.2) is 5.65 Å². The van der Waals surface area contributed by atoms with Crippen LogP contribution < -0.4 is 10.2 Å². The van der Waals surface area contributed by atoms with E-state index in [0.717, 1.165) is 28.5 Å². The number of hydrogen-bond donors (Lipinski definition) is 1. The highest BCUT2D eigenvalue weighted by Crippen LogP contribution is 2.03. The van der Waals surface area contributed by atoms with Crippen LogP contribution in [0.1, 0.15) is 17.9 Å². The topological polar surface area (TPSA) is 81.3 Å². The van der Waals surface area contributed by atoms with Gasteiger partial charge in [-0.25, -0.2) is 0 Å². The molecule has 3 heterocycles. The summed E-state index contributed by atoms with van der Waals surface area (Å²) in [7, 11) is 0. The van der Waals surface area contributed by atoms with Gasteiger partial charge in [0.25, 0.3) is 0 Å². The monoisotopic (exact) mass is 331 g/mol. The second-order valence-electron chi connectivity index (χ2n) is 5.19. The van der Waals surface area contributed by atoms with Crippen molar-refractivity contribution < 1.29 is 4.79 Å². The van der Waals surface area contributed by atoms with Crippen LogP contribution in [0.25, 0.3) is 5.65 Å². The second kappa shape index (κ2) is 6.74. The summed E-state index contributed by atoms with van der Waals surface area (Å²) in [4.78, 5) is 23.4. The first kappa shape index (κ1) is 15.4. The number of amides is 1. The maximum atomic E-state index is 11.9. The Labute approximate surface area is 136 Å². The Balaban J connectivity index is 1.49. The Hall–Kier alpha value is -2.48. The molecule has 0 aliphatic carbocycles. The van der Waals surface area contributed by atoms with Crippen LogP contribution in [0.5, 0.6) is 0 Å². The van der Waals surface area contributed by atoms with Crippen LogP contribution in [0.15, 0.2) is 34.6 Å². The van der Waals surface area contributed by atoms with Crippen LogP contribution in [0.2, 0.25) is 0 Å². The maximum Gasteiger partial charge on any atom is 0.307 e. The second-order valence-corrected chi connectivity index (χ2v) is 6.01. The van der Waals surface area contributed by atoms with E-state index in [1.54, 1.807) is 9.95 Å². The van der Waals surface area contributed by atoms with Crippen LogP contribution in [-0.4, -0.2) is 31.6 Å². The third-order valence-electron chi connectivity index (χ3n) is 3.59. The van der Waals surface area contributed by atoms with Crippen LogP contribution in [-0.2, 0) is 17.8 Å². The number of thiazole rings is 1. The standard InChI is InChI=1S/C15H17N5O2S/c1-11-10-23-15(22)19(11)9-6-14(21)16-7-5-13-18-17-12-4-2-3-8-20(12)13/h2-4,8,10H,5-7,9H2,1H3,(H,16,21). The average molecular weight is 331 g/mol. The van der Waals surface area contributed by atoms with Gasteiger partial charge in [-0.1, -0.05) is 17.4 Å². The van der Waals surface area contributed by atoms with Crippen LogP contribution in [0.4, 0.5) is 0 Å². The van der Waals surface area contributed by atoms with Gasteiger partial charge in [-0.15, -0.1) is 10.2 Å². The molecule has 3 rings (SSSR count). The summed E-state index contributed by atoms with van der Waals surface area (Å²) in [6.07, 6.45) is 2.80. The zero-order valence-electron chi connectivity index (χ0n) is 12.7. The fourth-order valence-electron chi connectivity index (χ4n) is 2.35. The minimum Gasteiger partial charge on any atom is -0.356 e. The predicted octanol–water partition coefficient (Wildman–Crippen LogP) is 1.01. The van der Waals surface area contributed by atoms with Crippen molar-refractivity contribution in [3.8, 4) is 0 Å². The van der Waals surface area contributed by atoms with Gasteiger partial charge in [-0.2, -0.15) is 0 Å². The lowest BCUT2D eigenvalue weighted by molar-refractivity contribution is -0.121. The lowest BCUT2D eigenvalue weighted by Crippen LogP contribution is -2.28. The van der Waals surface area contributed by atoms with E-state index >= 15 is 0 Å². The molecule has 0 aliphatic heterocycles. The highest BCUT2D eigenvalue weighted by molar-refractivity contribution is 7.07. The molecule has 0 saturated heterocycles. The number of nitrogens with one attached hydrogen (secondary N) is 1. The number of fused-ring (bicyclic) bond motifs is 1. The van der Waals surface area contributed by atoms with E-state index in [-0.39, 0.29) is 17.2 Å². The number of aryl methyl sites for hydroxylation is 1. The van der Waals surface area contributed by atoms with Gasteiger partial charge >= 0.3 is 4.87 Å². The highest BCUT2D eigenvalue weighted by Gasteiger charge is 2.08. The molecule has 0 saturated carbocycles. The molecular formula is C15H17N5O2S. The summed E-state index contributed by atoms with van der Waals surface area (Å²) in [5.41, 5.74) is 1.68. The van der Waals surface area contributed by atoms with Gasteiger partial charge in [0, 0.05) is 43.2 Å². The maximum absolute atomic E-state index is 11.9. The summed E-state index contributed by atoms with van der Waals surface area (Å²) < 4.78 is 3.52. The van der Waals surface area contributed by atoms with Gasteiger partial charge in [-0.05, 0) is 19.1 Å². The molecule has 0 aromatic carbocycles. The third kappa shape index (κ3) is 3.48. The highest BCUT2D eigenvalue weighted by atomic mass is 32.1. The summed E-state index contributed by atoms with van der Waals surface area (Å²) >= 11 is 1.16. The van der Waals surface area contributed by atoms with E-state index < -0.39 is 0 Å². The van der Waals surface area contributed by atoms with Crippen molar-refractivity contribution in [1.29, 1.82) is 0 Å². The Morgan fingerprint density at radius 3 is 3.00 bits per heavy atom. The number of hydrogen-bond acceptors (Lipinski definition) is 5. The largest absolute Gasteiger partial charge is 0.356 e. The lowest BCUT2D eigenvalue weighted by Gasteiger charge is -2.06. The van der Waals surface area contributed by atoms with Crippen molar-refractivity contribution in [2.75, 3.05) is 6.54 Å². The van der Waals surface area contributed by atoms with Crippen LogP contribution in [0.3, 0.4) is 0 Å². The number of aromatic nitrogens is 4. The first-order chi connectivity index (χ1) is 11.1. The number of pyridine rings is 1. The molecule has 120 valence electrons. The van der Waals surface area contributed by atoms with E-state index in [2.05, 4.69) is 15.5 Å². The summed E-state index contributed by atoms with van der Waals surface area (Å²) in [5, 5.41) is 12.8. The van der Waals surface area contributed by atoms with Crippen molar-refractivity contribution >= 4 is 22.9 Å². The van der Waals surface area contributed by atoms with Crippen molar-refractivity contribution in [2.45, 2.75) is 26.3 Å². The summed E-state index contributed by atoms with van der Waals surface area (Å²) in [5.74, 6) is 0.738. The molecule has 0 spiro atoms. The molecule has 0 atom stereocenters. The fraction of sp³-hybridized carbons (Fsp3) is 0.333. The van der Waals surface area contributed by atoms with Crippen molar-refractivity contribution in [1.82, 2.24) is 24.5 Å². The van der Waals surface area contributed by atoms with Crippen molar-refractivity contribution in [3.63, 3.8) is 0 Å². The van der Waals surface area contributed by atoms with E-state index in [9.17, 15) is 9.59 Å². The molecular weight excluding hydrogens is 314 g/mol. The minimum absolute atomic E-state index is 0.0229. The molecule has 3 aromatic heterocycles. The minimum atomic E-state index is -0.0729. The number of carbonyl (C=O) groups excluding carboxylic acids is 1. The third-order valence-corrected chi connectivity index (χ3v) is 4.48. The van der Waals surface area contributed by atoms with Crippen molar-refractivity contribution in [3.05, 3.63) is 51.0 Å². The number of rotatable bonds is 6. The Bertz CT molecular complexity index is 879. The number of carbonyl (C=O) groups is 1. The average Bonchev–Trinajstić information content (AvgIpc) is 3.10. The zero-order chi connectivity index (χ0) is 16.2. The first-order valence-corrected chi connectivity index (χ1v) is 8.23. The molecule has 0 bridgehead atoms. The Kier molecular flexibility index (Phi) is 4.52. The molecule has 0 unspecified atom stereocenters. The molecule has 1 N–H and O–H groups in total. The van der Waals surface area contributed by atoms with E-state index in [0.29, 0.717) is 19.5 Å². The molecule has 0 fully saturated rings. The predicted molar refractivity (Wildman–Crippen MR) is 87.6 cm³/mol. The number of nitrogens with zero attached hydrogens (tertiary/aromatic N) is 4. The zero-order valence-corrected chi connectivity index (χ0v) is 13.5. The molecule has 1 amide bonds. The molecule has 8 heteroatoms. The van der Waals surface area contributed by atoms with Gasteiger partial charge in [0.2, 0.25) is 5.91 Å². The van der Waals surface area contributed by atoms with Crippen LogP contribution >= 0.6 is 11.3 Å².